The Bertz CT molecular complexity index is 1040. The minimum atomic E-state index is -1.26. The normalized spacial score (nSPS) is 20.0. The molecule has 2 aromatic heterocycles. The summed E-state index contributed by atoms with van der Waals surface area (Å²) in [4.78, 5) is 33.0. The first-order valence-electron chi connectivity index (χ1n) is 8.60. The summed E-state index contributed by atoms with van der Waals surface area (Å²) >= 11 is 0. The Morgan fingerprint density at radius 2 is 2.00 bits per heavy atom. The van der Waals surface area contributed by atoms with E-state index in [9.17, 15) is 14.7 Å². The quantitative estimate of drug-likeness (QED) is 0.750. The fourth-order valence-corrected chi connectivity index (χ4v) is 3.67. The number of hydrogen-bond donors (Lipinski definition) is 2. The van der Waals surface area contributed by atoms with Gasteiger partial charge in [0.25, 0.3) is 6.01 Å². The molecule has 3 aromatic rings. The molecule has 7 heteroatoms. The number of oxazole rings is 1. The third-order valence-corrected chi connectivity index (χ3v) is 5.01. The molecular formula is C19H19N3O4. The van der Waals surface area contributed by atoms with Crippen LogP contribution in [0.3, 0.4) is 0 Å². The molecule has 0 spiro atoms. The monoisotopic (exact) mass is 353 g/mol. The number of carboxylic acids is 1. The van der Waals surface area contributed by atoms with Gasteiger partial charge >= 0.3 is 5.97 Å². The fourth-order valence-electron chi connectivity index (χ4n) is 3.67. The highest BCUT2D eigenvalue weighted by atomic mass is 16.4. The number of benzene rings is 1. The van der Waals surface area contributed by atoms with Crippen molar-refractivity contribution in [2.75, 3.05) is 4.90 Å². The molecule has 0 saturated carbocycles. The molecule has 1 saturated heterocycles. The highest BCUT2D eigenvalue weighted by Crippen LogP contribution is 2.33. The van der Waals surface area contributed by atoms with Crippen LogP contribution in [0.2, 0.25) is 0 Å². The van der Waals surface area contributed by atoms with Gasteiger partial charge in [-0.3, -0.25) is 4.79 Å². The van der Waals surface area contributed by atoms with Crippen molar-refractivity contribution in [3.8, 4) is 11.3 Å². The van der Waals surface area contributed by atoms with Gasteiger partial charge in [-0.05, 0) is 38.8 Å². The van der Waals surface area contributed by atoms with Crippen molar-refractivity contribution in [1.29, 1.82) is 0 Å². The highest BCUT2D eigenvalue weighted by Gasteiger charge is 2.31. The van der Waals surface area contributed by atoms with Gasteiger partial charge < -0.3 is 19.4 Å². The third-order valence-electron chi connectivity index (χ3n) is 5.01. The smallest absolute Gasteiger partial charge is 0.341 e. The molecule has 0 amide bonds. The topological polar surface area (TPSA) is 99.4 Å². The van der Waals surface area contributed by atoms with Crippen LogP contribution < -0.4 is 10.3 Å². The first kappa shape index (κ1) is 16.4. The third kappa shape index (κ3) is 2.56. The number of carbonyl (C=O) groups is 1. The van der Waals surface area contributed by atoms with Gasteiger partial charge in [-0.2, -0.15) is 4.98 Å². The standard InChI is InChI=1S/C19H19N3O4/c1-10-3-4-11(2)22(10)19-21-13-6-5-12(9-15(13)26-19)17-16(18(24)25)14(23)7-8-20-17/h5-11H,3-4H2,1-2H3,(H,20,23)(H,24,25)/t10-,11+. The summed E-state index contributed by atoms with van der Waals surface area (Å²) in [5.74, 6) is -1.26. The Morgan fingerprint density at radius 3 is 2.69 bits per heavy atom. The second kappa shape index (κ2) is 6.01. The SMILES string of the molecule is C[C@@H]1CC[C@H](C)N1c1nc2ccc(-c3[nH]ccc(=O)c3C(=O)O)cc2o1. The summed E-state index contributed by atoms with van der Waals surface area (Å²) in [7, 11) is 0. The van der Waals surface area contributed by atoms with Crippen molar-refractivity contribution < 1.29 is 14.3 Å². The van der Waals surface area contributed by atoms with E-state index in [2.05, 4.69) is 28.7 Å². The van der Waals surface area contributed by atoms with Crippen LogP contribution in [-0.2, 0) is 0 Å². The zero-order valence-corrected chi connectivity index (χ0v) is 14.5. The summed E-state index contributed by atoms with van der Waals surface area (Å²) < 4.78 is 5.96. The van der Waals surface area contributed by atoms with Crippen LogP contribution in [0, 0.1) is 0 Å². The number of anilines is 1. The van der Waals surface area contributed by atoms with Gasteiger partial charge in [0.1, 0.15) is 11.1 Å². The number of carboxylic acid groups (broad SMARTS) is 1. The van der Waals surface area contributed by atoms with E-state index in [0.29, 0.717) is 34.8 Å². The Balaban J connectivity index is 1.81. The van der Waals surface area contributed by atoms with Crippen LogP contribution in [0.5, 0.6) is 0 Å². The number of nitrogens with one attached hydrogen (secondary N) is 1. The molecule has 0 radical (unpaired) electrons. The predicted octanol–water partition coefficient (Wildman–Crippen LogP) is 3.26. The number of aromatic amines is 1. The number of aromatic carboxylic acids is 1. The minimum Gasteiger partial charge on any atom is -0.477 e. The van der Waals surface area contributed by atoms with E-state index in [4.69, 9.17) is 4.42 Å². The summed E-state index contributed by atoms with van der Waals surface area (Å²) in [5.41, 5.74) is 1.26. The number of aromatic nitrogens is 2. The largest absolute Gasteiger partial charge is 0.477 e. The van der Waals surface area contributed by atoms with E-state index in [1.807, 2.05) is 0 Å². The molecular weight excluding hydrogens is 334 g/mol. The molecule has 2 N–H and O–H groups in total. The summed E-state index contributed by atoms with van der Waals surface area (Å²) in [6.07, 6.45) is 3.63. The maximum atomic E-state index is 11.9. The number of hydrogen-bond acceptors (Lipinski definition) is 5. The maximum absolute atomic E-state index is 11.9. The van der Waals surface area contributed by atoms with Crippen LogP contribution in [0.4, 0.5) is 6.01 Å². The zero-order chi connectivity index (χ0) is 18.4. The van der Waals surface area contributed by atoms with Gasteiger partial charge in [0.2, 0.25) is 0 Å². The Morgan fingerprint density at radius 1 is 1.27 bits per heavy atom. The van der Waals surface area contributed by atoms with Crippen molar-refractivity contribution in [2.45, 2.75) is 38.8 Å². The van der Waals surface area contributed by atoms with Gasteiger partial charge in [0.05, 0.1) is 5.69 Å². The molecule has 26 heavy (non-hydrogen) atoms. The van der Waals surface area contributed by atoms with E-state index in [1.54, 1.807) is 18.2 Å². The number of nitrogens with zero attached hydrogens (tertiary/aromatic N) is 2. The van der Waals surface area contributed by atoms with Crippen molar-refractivity contribution in [3.05, 3.63) is 46.2 Å². The van der Waals surface area contributed by atoms with Crippen molar-refractivity contribution in [3.63, 3.8) is 0 Å². The van der Waals surface area contributed by atoms with Crippen LogP contribution in [0.25, 0.3) is 22.4 Å². The summed E-state index contributed by atoms with van der Waals surface area (Å²) in [6, 6.07) is 7.74. The van der Waals surface area contributed by atoms with E-state index < -0.39 is 11.4 Å². The van der Waals surface area contributed by atoms with Gasteiger partial charge in [0, 0.05) is 29.9 Å². The Hall–Kier alpha value is -3.09. The van der Waals surface area contributed by atoms with Gasteiger partial charge in [-0.15, -0.1) is 0 Å². The first-order valence-corrected chi connectivity index (χ1v) is 8.60. The molecule has 2 atom stereocenters. The van der Waals surface area contributed by atoms with Crippen LogP contribution in [0.15, 0.2) is 39.7 Å². The molecule has 0 unspecified atom stereocenters. The maximum Gasteiger partial charge on any atom is 0.341 e. The molecule has 0 bridgehead atoms. The summed E-state index contributed by atoms with van der Waals surface area (Å²) in [6.45, 7) is 4.30. The van der Waals surface area contributed by atoms with Gasteiger partial charge in [0.15, 0.2) is 11.0 Å². The van der Waals surface area contributed by atoms with Gasteiger partial charge in [-0.25, -0.2) is 4.79 Å². The average Bonchev–Trinajstić information content (AvgIpc) is 3.16. The van der Waals surface area contributed by atoms with E-state index in [0.717, 1.165) is 12.8 Å². The lowest BCUT2D eigenvalue weighted by molar-refractivity contribution is 0.0696. The second-order valence-corrected chi connectivity index (χ2v) is 6.76. The minimum absolute atomic E-state index is 0.257. The molecule has 1 fully saturated rings. The summed E-state index contributed by atoms with van der Waals surface area (Å²) in [5, 5.41) is 9.36. The van der Waals surface area contributed by atoms with Crippen molar-refractivity contribution in [2.24, 2.45) is 0 Å². The molecule has 134 valence electrons. The first-order chi connectivity index (χ1) is 12.5. The van der Waals surface area contributed by atoms with Crippen LogP contribution >= 0.6 is 0 Å². The number of rotatable bonds is 3. The Labute approximate surface area is 149 Å². The lowest BCUT2D eigenvalue weighted by Crippen LogP contribution is -2.32. The van der Waals surface area contributed by atoms with Crippen molar-refractivity contribution in [1.82, 2.24) is 9.97 Å². The lowest BCUT2D eigenvalue weighted by Gasteiger charge is -2.23. The molecule has 0 aliphatic carbocycles. The lowest BCUT2D eigenvalue weighted by atomic mass is 10.1. The van der Waals surface area contributed by atoms with Crippen LogP contribution in [-0.4, -0.2) is 33.1 Å². The highest BCUT2D eigenvalue weighted by molar-refractivity contribution is 5.95. The molecule has 7 nitrogen and oxygen atoms in total. The molecule has 1 aliphatic heterocycles. The molecule has 1 aliphatic rings. The number of H-pyrrole nitrogens is 1. The average molecular weight is 353 g/mol. The van der Waals surface area contributed by atoms with Crippen LogP contribution in [0.1, 0.15) is 37.0 Å². The fraction of sp³-hybridized carbons (Fsp3) is 0.316. The van der Waals surface area contributed by atoms with E-state index in [1.165, 1.54) is 12.3 Å². The van der Waals surface area contributed by atoms with E-state index in [-0.39, 0.29) is 11.3 Å². The zero-order valence-electron chi connectivity index (χ0n) is 14.5. The number of fused-ring (bicyclic) bond motifs is 1. The van der Waals surface area contributed by atoms with Gasteiger partial charge in [-0.1, -0.05) is 6.07 Å². The second-order valence-electron chi connectivity index (χ2n) is 6.76. The molecule has 4 rings (SSSR count). The van der Waals surface area contributed by atoms with E-state index >= 15 is 0 Å². The molecule has 1 aromatic carbocycles. The van der Waals surface area contributed by atoms with Crippen molar-refractivity contribution >= 4 is 23.1 Å². The Kier molecular flexibility index (Phi) is 3.79. The molecule has 3 heterocycles. The predicted molar refractivity (Wildman–Crippen MR) is 97.7 cm³/mol. The number of pyridine rings is 1.